The first-order chi connectivity index (χ1) is 7.65. The van der Waals surface area contributed by atoms with Gasteiger partial charge in [0.15, 0.2) is 0 Å². The third-order valence-corrected chi connectivity index (χ3v) is 3.55. The quantitative estimate of drug-likeness (QED) is 0.598. The molecule has 16 heavy (non-hydrogen) atoms. The summed E-state index contributed by atoms with van der Waals surface area (Å²) in [6.45, 7) is 6.44. The van der Waals surface area contributed by atoms with Gasteiger partial charge < -0.3 is 5.11 Å². The Bertz CT molecular complexity index is 178. The summed E-state index contributed by atoms with van der Waals surface area (Å²) in [6, 6.07) is 0. The summed E-state index contributed by atoms with van der Waals surface area (Å²) >= 11 is 0. The lowest BCUT2D eigenvalue weighted by molar-refractivity contribution is -0.142. The SMILES string of the molecule is CCCCC(CC)CCCC(CC)C(=O)O. The third kappa shape index (κ3) is 6.86. The van der Waals surface area contributed by atoms with Crippen LogP contribution in [0.15, 0.2) is 0 Å². The van der Waals surface area contributed by atoms with Crippen molar-refractivity contribution in [3.8, 4) is 0 Å². The highest BCUT2D eigenvalue weighted by molar-refractivity contribution is 5.69. The van der Waals surface area contributed by atoms with Gasteiger partial charge >= 0.3 is 5.97 Å². The van der Waals surface area contributed by atoms with Crippen LogP contribution in [0.5, 0.6) is 0 Å². The van der Waals surface area contributed by atoms with Crippen molar-refractivity contribution in [1.82, 2.24) is 0 Å². The minimum Gasteiger partial charge on any atom is -0.481 e. The summed E-state index contributed by atoms with van der Waals surface area (Å²) in [5.74, 6) is 0.0686. The molecule has 2 nitrogen and oxygen atoms in total. The fourth-order valence-corrected chi connectivity index (χ4v) is 2.20. The molecule has 0 fully saturated rings. The van der Waals surface area contributed by atoms with E-state index >= 15 is 0 Å². The molecule has 0 spiro atoms. The van der Waals surface area contributed by atoms with Crippen LogP contribution in [0.4, 0.5) is 0 Å². The first-order valence-corrected chi connectivity index (χ1v) is 6.88. The normalized spacial score (nSPS) is 14.7. The standard InChI is InChI=1S/C14H28O2/c1-4-7-9-12(5-2)10-8-11-13(6-3)14(15)16/h12-13H,4-11H2,1-3H3,(H,15,16). The van der Waals surface area contributed by atoms with Crippen LogP contribution in [0.1, 0.15) is 72.1 Å². The summed E-state index contributed by atoms with van der Waals surface area (Å²) < 4.78 is 0. The van der Waals surface area contributed by atoms with E-state index in [-0.39, 0.29) is 5.92 Å². The zero-order chi connectivity index (χ0) is 12.4. The maximum Gasteiger partial charge on any atom is 0.306 e. The van der Waals surface area contributed by atoms with Gasteiger partial charge in [-0.1, -0.05) is 59.3 Å². The number of aliphatic carboxylic acids is 1. The Morgan fingerprint density at radius 3 is 2.06 bits per heavy atom. The van der Waals surface area contributed by atoms with Crippen molar-refractivity contribution in [1.29, 1.82) is 0 Å². The molecule has 0 heterocycles. The topological polar surface area (TPSA) is 37.3 Å². The maximum atomic E-state index is 10.8. The number of hydrogen-bond acceptors (Lipinski definition) is 1. The van der Waals surface area contributed by atoms with E-state index in [0.717, 1.165) is 25.2 Å². The minimum atomic E-state index is -0.621. The van der Waals surface area contributed by atoms with E-state index in [0.29, 0.717) is 0 Å². The van der Waals surface area contributed by atoms with Gasteiger partial charge in [-0.05, 0) is 18.8 Å². The number of carboxylic acids is 1. The lowest BCUT2D eigenvalue weighted by Crippen LogP contribution is -2.13. The van der Waals surface area contributed by atoms with Crippen molar-refractivity contribution in [2.75, 3.05) is 0 Å². The molecule has 0 aliphatic carbocycles. The first-order valence-electron chi connectivity index (χ1n) is 6.88. The van der Waals surface area contributed by atoms with Crippen molar-refractivity contribution >= 4 is 5.97 Å². The highest BCUT2D eigenvalue weighted by atomic mass is 16.4. The number of hydrogen-bond donors (Lipinski definition) is 1. The molecular weight excluding hydrogens is 200 g/mol. The van der Waals surface area contributed by atoms with E-state index in [9.17, 15) is 4.79 Å². The van der Waals surface area contributed by atoms with E-state index in [1.807, 2.05) is 6.92 Å². The molecule has 2 unspecified atom stereocenters. The predicted octanol–water partition coefficient (Wildman–Crippen LogP) is 4.48. The van der Waals surface area contributed by atoms with E-state index in [4.69, 9.17) is 5.11 Å². The molecule has 2 atom stereocenters. The Morgan fingerprint density at radius 1 is 1.00 bits per heavy atom. The van der Waals surface area contributed by atoms with Gasteiger partial charge in [0.05, 0.1) is 5.92 Å². The highest BCUT2D eigenvalue weighted by Crippen LogP contribution is 2.22. The summed E-state index contributed by atoms with van der Waals surface area (Å²) in [5.41, 5.74) is 0. The second kappa shape index (κ2) is 9.68. The monoisotopic (exact) mass is 228 g/mol. The van der Waals surface area contributed by atoms with E-state index in [1.165, 1.54) is 32.1 Å². The molecule has 0 radical (unpaired) electrons. The van der Waals surface area contributed by atoms with Crippen molar-refractivity contribution in [2.24, 2.45) is 11.8 Å². The fraction of sp³-hybridized carbons (Fsp3) is 0.929. The van der Waals surface area contributed by atoms with Gasteiger partial charge in [-0.2, -0.15) is 0 Å². The van der Waals surface area contributed by atoms with Crippen LogP contribution in [0.2, 0.25) is 0 Å². The minimum absolute atomic E-state index is 0.122. The van der Waals surface area contributed by atoms with Crippen molar-refractivity contribution < 1.29 is 9.90 Å². The van der Waals surface area contributed by atoms with Crippen LogP contribution in [0.3, 0.4) is 0 Å². The van der Waals surface area contributed by atoms with Crippen LogP contribution < -0.4 is 0 Å². The zero-order valence-corrected chi connectivity index (χ0v) is 11.2. The average molecular weight is 228 g/mol. The molecule has 2 heteroatoms. The van der Waals surface area contributed by atoms with Gasteiger partial charge in [-0.15, -0.1) is 0 Å². The van der Waals surface area contributed by atoms with Gasteiger partial charge in [-0.3, -0.25) is 4.79 Å². The fourth-order valence-electron chi connectivity index (χ4n) is 2.20. The highest BCUT2D eigenvalue weighted by Gasteiger charge is 2.15. The van der Waals surface area contributed by atoms with Crippen molar-refractivity contribution in [3.63, 3.8) is 0 Å². The van der Waals surface area contributed by atoms with Gasteiger partial charge in [0.1, 0.15) is 0 Å². The van der Waals surface area contributed by atoms with Gasteiger partial charge in [0.2, 0.25) is 0 Å². The Kier molecular flexibility index (Phi) is 9.36. The molecule has 1 N–H and O–H groups in total. The molecule has 0 aliphatic heterocycles. The van der Waals surface area contributed by atoms with E-state index in [2.05, 4.69) is 13.8 Å². The van der Waals surface area contributed by atoms with Crippen molar-refractivity contribution in [3.05, 3.63) is 0 Å². The molecule has 96 valence electrons. The summed E-state index contributed by atoms with van der Waals surface area (Å²) in [6.07, 6.45) is 9.04. The zero-order valence-electron chi connectivity index (χ0n) is 11.2. The summed E-state index contributed by atoms with van der Waals surface area (Å²) in [5, 5.41) is 8.94. The lowest BCUT2D eigenvalue weighted by Gasteiger charge is -2.15. The molecule has 0 rings (SSSR count). The Morgan fingerprint density at radius 2 is 1.62 bits per heavy atom. The molecule has 0 aliphatic rings. The van der Waals surface area contributed by atoms with Gasteiger partial charge in [0.25, 0.3) is 0 Å². The van der Waals surface area contributed by atoms with Gasteiger partial charge in [-0.25, -0.2) is 0 Å². The number of carboxylic acid groups (broad SMARTS) is 1. The molecule has 0 aromatic rings. The average Bonchev–Trinajstić information content (AvgIpc) is 2.28. The number of carbonyl (C=O) groups is 1. The molecule has 0 saturated heterocycles. The van der Waals surface area contributed by atoms with Crippen molar-refractivity contribution in [2.45, 2.75) is 72.1 Å². The Hall–Kier alpha value is -0.530. The molecular formula is C14H28O2. The summed E-state index contributed by atoms with van der Waals surface area (Å²) in [7, 11) is 0. The van der Waals surface area contributed by atoms with Crippen LogP contribution >= 0.6 is 0 Å². The van der Waals surface area contributed by atoms with Crippen LogP contribution in [-0.2, 0) is 4.79 Å². The number of unbranched alkanes of at least 4 members (excludes halogenated alkanes) is 1. The largest absolute Gasteiger partial charge is 0.481 e. The lowest BCUT2D eigenvalue weighted by atomic mass is 9.90. The molecule has 0 aromatic carbocycles. The van der Waals surface area contributed by atoms with Crippen LogP contribution in [-0.4, -0.2) is 11.1 Å². The molecule has 0 amide bonds. The predicted molar refractivity (Wildman–Crippen MR) is 68.6 cm³/mol. The van der Waals surface area contributed by atoms with Crippen LogP contribution in [0.25, 0.3) is 0 Å². The molecule has 0 aromatic heterocycles. The third-order valence-electron chi connectivity index (χ3n) is 3.55. The van der Waals surface area contributed by atoms with E-state index < -0.39 is 5.97 Å². The Balaban J connectivity index is 3.71. The van der Waals surface area contributed by atoms with Crippen LogP contribution in [0, 0.1) is 11.8 Å². The second-order valence-corrected chi connectivity index (χ2v) is 4.79. The first kappa shape index (κ1) is 15.5. The van der Waals surface area contributed by atoms with Gasteiger partial charge in [0, 0.05) is 0 Å². The number of rotatable bonds is 10. The maximum absolute atomic E-state index is 10.8. The molecule has 0 saturated carbocycles. The molecule has 0 bridgehead atoms. The van der Waals surface area contributed by atoms with E-state index in [1.54, 1.807) is 0 Å². The smallest absolute Gasteiger partial charge is 0.306 e. The second-order valence-electron chi connectivity index (χ2n) is 4.79. The summed E-state index contributed by atoms with van der Waals surface area (Å²) in [4.78, 5) is 10.8. The Labute approximate surface area is 100 Å².